The molecule has 2 fully saturated rings. The number of hydrogen-bond acceptors (Lipinski definition) is 3. The second-order valence-electron chi connectivity index (χ2n) is 4.04. The third kappa shape index (κ3) is 1.29. The fourth-order valence-electron chi connectivity index (χ4n) is 2.74. The molecule has 0 radical (unpaired) electrons. The van der Waals surface area contributed by atoms with Crippen LogP contribution in [0.2, 0.25) is 0 Å². The lowest BCUT2D eigenvalue weighted by molar-refractivity contribution is -0.147. The fourth-order valence-corrected chi connectivity index (χ4v) is 2.74. The van der Waals surface area contributed by atoms with Crippen molar-refractivity contribution in [2.24, 2.45) is 23.7 Å². The highest BCUT2D eigenvalue weighted by Crippen LogP contribution is 2.60. The van der Waals surface area contributed by atoms with Gasteiger partial charge < -0.3 is 9.84 Å². The molecule has 0 aromatic rings. The molecule has 4 nitrogen and oxygen atoms in total. The van der Waals surface area contributed by atoms with E-state index in [1.807, 2.05) is 0 Å². The van der Waals surface area contributed by atoms with Gasteiger partial charge in [-0.05, 0) is 31.6 Å². The van der Waals surface area contributed by atoms with Crippen molar-refractivity contribution in [2.75, 3.05) is 6.61 Å². The minimum atomic E-state index is -0.760. The third-order valence-corrected chi connectivity index (χ3v) is 3.38. The molecule has 4 atom stereocenters. The third-order valence-electron chi connectivity index (χ3n) is 3.38. The van der Waals surface area contributed by atoms with E-state index in [1.54, 1.807) is 6.92 Å². The molecule has 0 aromatic carbocycles. The maximum Gasteiger partial charge on any atom is 0.309 e. The Hall–Kier alpha value is -1.06. The van der Waals surface area contributed by atoms with Gasteiger partial charge in [0.05, 0.1) is 18.4 Å². The number of esters is 1. The predicted molar refractivity (Wildman–Crippen MR) is 47.5 cm³/mol. The zero-order chi connectivity index (χ0) is 10.3. The molecule has 0 aromatic heterocycles. The molecule has 0 amide bonds. The first kappa shape index (κ1) is 9.49. The minimum absolute atomic E-state index is 0.0616. The number of hydrogen-bond donors (Lipinski definition) is 1. The molecule has 1 N–H and O–H groups in total. The topological polar surface area (TPSA) is 63.6 Å². The smallest absolute Gasteiger partial charge is 0.309 e. The van der Waals surface area contributed by atoms with Crippen LogP contribution in [0.4, 0.5) is 0 Å². The van der Waals surface area contributed by atoms with Crippen LogP contribution in [0, 0.1) is 23.7 Å². The molecule has 4 heteroatoms. The average molecular weight is 198 g/mol. The van der Waals surface area contributed by atoms with E-state index in [0.717, 1.165) is 12.8 Å². The van der Waals surface area contributed by atoms with Gasteiger partial charge in [0.15, 0.2) is 0 Å². The molecule has 0 spiro atoms. The summed E-state index contributed by atoms with van der Waals surface area (Å²) in [7, 11) is 0. The van der Waals surface area contributed by atoms with E-state index in [9.17, 15) is 9.59 Å². The Balaban J connectivity index is 1.96. The van der Waals surface area contributed by atoms with Crippen LogP contribution < -0.4 is 0 Å². The number of carbonyl (C=O) groups excluding carboxylic acids is 1. The Labute approximate surface area is 82.2 Å². The van der Waals surface area contributed by atoms with Crippen LogP contribution in [-0.2, 0) is 14.3 Å². The molecule has 78 valence electrons. The van der Waals surface area contributed by atoms with Crippen molar-refractivity contribution in [3.63, 3.8) is 0 Å². The average Bonchev–Trinajstić information content (AvgIpc) is 2.66. The van der Waals surface area contributed by atoms with E-state index < -0.39 is 5.97 Å². The Bertz CT molecular complexity index is 273. The summed E-state index contributed by atoms with van der Waals surface area (Å²) in [4.78, 5) is 22.2. The highest BCUT2D eigenvalue weighted by atomic mass is 16.5. The zero-order valence-corrected chi connectivity index (χ0v) is 8.10. The molecule has 2 rings (SSSR count). The van der Waals surface area contributed by atoms with Crippen LogP contribution in [0.15, 0.2) is 0 Å². The number of fused-ring (bicyclic) bond motifs is 1. The Morgan fingerprint density at radius 3 is 2.71 bits per heavy atom. The molecular formula is C10H14O4. The van der Waals surface area contributed by atoms with Gasteiger partial charge in [0.1, 0.15) is 0 Å². The molecule has 0 unspecified atom stereocenters. The quantitative estimate of drug-likeness (QED) is 0.684. The molecule has 0 bridgehead atoms. The van der Waals surface area contributed by atoms with Crippen LogP contribution in [0.25, 0.3) is 0 Å². The van der Waals surface area contributed by atoms with E-state index in [2.05, 4.69) is 0 Å². The summed E-state index contributed by atoms with van der Waals surface area (Å²) in [5, 5.41) is 8.89. The second-order valence-corrected chi connectivity index (χ2v) is 4.04. The lowest BCUT2D eigenvalue weighted by Crippen LogP contribution is -2.18. The van der Waals surface area contributed by atoms with Crippen LogP contribution >= 0.6 is 0 Å². The Morgan fingerprint density at radius 2 is 2.14 bits per heavy atom. The molecule has 0 aliphatic heterocycles. The minimum Gasteiger partial charge on any atom is -0.481 e. The molecule has 2 aliphatic rings. The van der Waals surface area contributed by atoms with Crippen molar-refractivity contribution in [1.82, 2.24) is 0 Å². The van der Waals surface area contributed by atoms with Crippen molar-refractivity contribution < 1.29 is 19.4 Å². The summed E-state index contributed by atoms with van der Waals surface area (Å²) in [6.07, 6.45) is 1.59. The number of carbonyl (C=O) groups is 2. The maximum absolute atomic E-state index is 11.4. The first-order valence-electron chi connectivity index (χ1n) is 5.06. The molecular weight excluding hydrogens is 184 g/mol. The number of rotatable bonds is 3. The molecule has 2 aliphatic carbocycles. The second kappa shape index (κ2) is 3.26. The molecule has 14 heavy (non-hydrogen) atoms. The molecule has 0 heterocycles. The molecule has 2 saturated carbocycles. The van der Waals surface area contributed by atoms with Gasteiger partial charge in [-0.3, -0.25) is 9.59 Å². The highest BCUT2D eigenvalue weighted by molar-refractivity contribution is 5.80. The van der Waals surface area contributed by atoms with Gasteiger partial charge in [-0.1, -0.05) is 0 Å². The number of aliphatic carboxylic acids is 1. The summed E-state index contributed by atoms with van der Waals surface area (Å²) < 4.78 is 4.90. The lowest BCUT2D eigenvalue weighted by atomic mass is 10.0. The summed E-state index contributed by atoms with van der Waals surface area (Å²) in [5.74, 6) is -1.04. The number of ether oxygens (including phenoxy) is 1. The predicted octanol–water partition coefficient (Wildman–Crippen LogP) is 0.906. The SMILES string of the molecule is CCOC(=O)[C@@H]1[C@@H]2CC[C@@H](C(=O)O)[C@@H]21. The first-order chi connectivity index (χ1) is 6.66. The zero-order valence-electron chi connectivity index (χ0n) is 8.10. The summed E-state index contributed by atoms with van der Waals surface area (Å²) in [5.41, 5.74) is 0. The van der Waals surface area contributed by atoms with E-state index >= 15 is 0 Å². The van der Waals surface area contributed by atoms with E-state index in [0.29, 0.717) is 6.61 Å². The van der Waals surface area contributed by atoms with Gasteiger partial charge in [0.25, 0.3) is 0 Å². The van der Waals surface area contributed by atoms with Crippen LogP contribution in [0.5, 0.6) is 0 Å². The largest absolute Gasteiger partial charge is 0.481 e. The first-order valence-corrected chi connectivity index (χ1v) is 5.06. The van der Waals surface area contributed by atoms with Crippen molar-refractivity contribution in [3.8, 4) is 0 Å². The van der Waals surface area contributed by atoms with Crippen LogP contribution in [-0.4, -0.2) is 23.7 Å². The Morgan fingerprint density at radius 1 is 1.43 bits per heavy atom. The van der Waals surface area contributed by atoms with Gasteiger partial charge in [0, 0.05) is 0 Å². The summed E-state index contributed by atoms with van der Waals surface area (Å²) in [6.45, 7) is 2.15. The maximum atomic E-state index is 11.4. The standard InChI is InChI=1S/C10H14O4/c1-2-14-10(13)8-5-3-4-6(7(5)8)9(11)12/h5-8H,2-4H2,1H3,(H,11,12)/t5-,6-,7-,8-/m1/s1. The highest BCUT2D eigenvalue weighted by Gasteiger charge is 2.63. The number of carboxylic acids is 1. The van der Waals surface area contributed by atoms with Gasteiger partial charge in [-0.25, -0.2) is 0 Å². The van der Waals surface area contributed by atoms with Gasteiger partial charge in [-0.2, -0.15) is 0 Å². The summed E-state index contributed by atoms with van der Waals surface area (Å²) >= 11 is 0. The molecule has 0 saturated heterocycles. The normalized spacial score (nSPS) is 38.9. The van der Waals surface area contributed by atoms with Gasteiger partial charge in [-0.15, -0.1) is 0 Å². The lowest BCUT2D eigenvalue weighted by Gasteiger charge is -2.08. The van der Waals surface area contributed by atoms with Crippen molar-refractivity contribution in [3.05, 3.63) is 0 Å². The monoisotopic (exact) mass is 198 g/mol. The van der Waals surface area contributed by atoms with Gasteiger partial charge in [0.2, 0.25) is 0 Å². The van der Waals surface area contributed by atoms with Crippen LogP contribution in [0.1, 0.15) is 19.8 Å². The Kier molecular flexibility index (Phi) is 2.21. The fraction of sp³-hybridized carbons (Fsp3) is 0.800. The summed E-state index contributed by atoms with van der Waals surface area (Å²) in [6, 6.07) is 0. The van der Waals surface area contributed by atoms with E-state index in [-0.39, 0.29) is 29.6 Å². The number of carboxylic acid groups (broad SMARTS) is 1. The van der Waals surface area contributed by atoms with E-state index in [4.69, 9.17) is 9.84 Å². The van der Waals surface area contributed by atoms with Crippen molar-refractivity contribution >= 4 is 11.9 Å². The van der Waals surface area contributed by atoms with Crippen LogP contribution in [0.3, 0.4) is 0 Å². The van der Waals surface area contributed by atoms with Crippen molar-refractivity contribution in [2.45, 2.75) is 19.8 Å². The van der Waals surface area contributed by atoms with E-state index in [1.165, 1.54) is 0 Å². The van der Waals surface area contributed by atoms with Crippen molar-refractivity contribution in [1.29, 1.82) is 0 Å². The van der Waals surface area contributed by atoms with Gasteiger partial charge >= 0.3 is 11.9 Å².